The van der Waals surface area contributed by atoms with Crippen molar-refractivity contribution in [1.82, 2.24) is 20.0 Å². The standard InChI is InChI=1S/C17H24N4O4/c1-11-15(13(3)22)12(2)21(19-11)9-14(23)20-7-4-5-17(6-8-20)10-18-16(24)25-17/h4-10H2,1-3H3,(H,18,24). The van der Waals surface area contributed by atoms with Crippen molar-refractivity contribution in [2.45, 2.75) is 52.2 Å². The predicted octanol–water partition coefficient (Wildman–Crippen LogP) is 1.19. The maximum absolute atomic E-state index is 12.7. The number of rotatable bonds is 3. The molecule has 8 heteroatoms. The van der Waals surface area contributed by atoms with Crippen molar-refractivity contribution >= 4 is 17.8 Å². The Labute approximate surface area is 146 Å². The Kier molecular flexibility index (Phi) is 4.53. The van der Waals surface area contributed by atoms with Crippen molar-refractivity contribution in [3.05, 3.63) is 17.0 Å². The van der Waals surface area contributed by atoms with Crippen molar-refractivity contribution in [3.63, 3.8) is 0 Å². The second-order valence-electron chi connectivity index (χ2n) is 6.92. The number of Topliss-reactive ketones (excluding diaryl/α,β-unsaturated/α-hetero) is 1. The van der Waals surface area contributed by atoms with Crippen LogP contribution in [0.4, 0.5) is 4.79 Å². The lowest BCUT2D eigenvalue weighted by Crippen LogP contribution is -2.38. The molecule has 1 aromatic rings. The highest BCUT2D eigenvalue weighted by atomic mass is 16.6. The van der Waals surface area contributed by atoms with Gasteiger partial charge in [-0.05, 0) is 33.6 Å². The van der Waals surface area contributed by atoms with Crippen LogP contribution in [0.25, 0.3) is 0 Å². The van der Waals surface area contributed by atoms with Crippen molar-refractivity contribution in [2.24, 2.45) is 0 Å². The number of likely N-dealkylation sites (tertiary alicyclic amines) is 1. The molecule has 3 rings (SSSR count). The topological polar surface area (TPSA) is 93.5 Å². The van der Waals surface area contributed by atoms with Crippen LogP contribution in [0.5, 0.6) is 0 Å². The van der Waals surface area contributed by atoms with Gasteiger partial charge in [-0.1, -0.05) is 0 Å². The number of alkyl carbamates (subject to hydrolysis) is 1. The molecule has 0 radical (unpaired) electrons. The fraction of sp³-hybridized carbons (Fsp3) is 0.647. The maximum atomic E-state index is 12.7. The molecule has 2 aliphatic rings. The number of hydrogen-bond acceptors (Lipinski definition) is 5. The molecular weight excluding hydrogens is 324 g/mol. The molecule has 2 amide bonds. The summed E-state index contributed by atoms with van der Waals surface area (Å²) in [6, 6.07) is 0. The monoisotopic (exact) mass is 348 g/mol. The molecule has 25 heavy (non-hydrogen) atoms. The van der Waals surface area contributed by atoms with Gasteiger partial charge in [-0.15, -0.1) is 0 Å². The first-order valence-electron chi connectivity index (χ1n) is 8.61. The van der Waals surface area contributed by atoms with E-state index in [-0.39, 0.29) is 24.3 Å². The van der Waals surface area contributed by atoms with E-state index in [0.29, 0.717) is 37.3 Å². The summed E-state index contributed by atoms with van der Waals surface area (Å²) in [4.78, 5) is 37.6. The average molecular weight is 348 g/mol. The lowest BCUT2D eigenvalue weighted by Gasteiger charge is -2.25. The van der Waals surface area contributed by atoms with E-state index in [1.54, 1.807) is 16.5 Å². The number of amides is 2. The maximum Gasteiger partial charge on any atom is 0.407 e. The summed E-state index contributed by atoms with van der Waals surface area (Å²) in [6.45, 7) is 6.91. The van der Waals surface area contributed by atoms with Crippen LogP contribution in [-0.4, -0.2) is 57.7 Å². The summed E-state index contributed by atoms with van der Waals surface area (Å²) < 4.78 is 7.04. The van der Waals surface area contributed by atoms with Crippen LogP contribution in [0.1, 0.15) is 47.9 Å². The minimum Gasteiger partial charge on any atom is -0.441 e. The van der Waals surface area contributed by atoms with Gasteiger partial charge in [-0.2, -0.15) is 5.10 Å². The minimum atomic E-state index is -0.480. The quantitative estimate of drug-likeness (QED) is 0.828. The third kappa shape index (κ3) is 3.38. The number of nitrogens with one attached hydrogen (secondary N) is 1. The van der Waals surface area contributed by atoms with Crippen LogP contribution in [-0.2, 0) is 16.1 Å². The van der Waals surface area contributed by atoms with E-state index in [0.717, 1.165) is 18.5 Å². The van der Waals surface area contributed by atoms with Gasteiger partial charge in [0.2, 0.25) is 5.91 Å². The van der Waals surface area contributed by atoms with Gasteiger partial charge in [0, 0.05) is 25.2 Å². The first-order valence-corrected chi connectivity index (χ1v) is 8.61. The van der Waals surface area contributed by atoms with E-state index in [1.807, 2.05) is 6.92 Å². The summed E-state index contributed by atoms with van der Waals surface area (Å²) >= 11 is 0. The predicted molar refractivity (Wildman–Crippen MR) is 89.4 cm³/mol. The Hall–Kier alpha value is -2.38. The molecule has 1 N–H and O–H groups in total. The van der Waals surface area contributed by atoms with Gasteiger partial charge in [0.25, 0.3) is 0 Å². The molecule has 0 aromatic carbocycles. The second-order valence-corrected chi connectivity index (χ2v) is 6.92. The van der Waals surface area contributed by atoms with Crippen LogP contribution in [0.2, 0.25) is 0 Å². The van der Waals surface area contributed by atoms with Gasteiger partial charge >= 0.3 is 6.09 Å². The van der Waals surface area contributed by atoms with E-state index in [1.165, 1.54) is 6.92 Å². The highest BCUT2D eigenvalue weighted by Gasteiger charge is 2.41. The third-order valence-corrected chi connectivity index (χ3v) is 5.13. The van der Waals surface area contributed by atoms with Gasteiger partial charge in [-0.3, -0.25) is 14.3 Å². The first-order chi connectivity index (χ1) is 11.8. The van der Waals surface area contributed by atoms with Gasteiger partial charge in [0.1, 0.15) is 12.1 Å². The lowest BCUT2D eigenvalue weighted by molar-refractivity contribution is -0.132. The van der Waals surface area contributed by atoms with Gasteiger partial charge < -0.3 is 15.0 Å². The molecule has 3 heterocycles. The highest BCUT2D eigenvalue weighted by Crippen LogP contribution is 2.29. The van der Waals surface area contributed by atoms with Crippen LogP contribution in [0.3, 0.4) is 0 Å². The molecule has 1 spiro atoms. The fourth-order valence-corrected chi connectivity index (χ4v) is 3.79. The molecule has 136 valence electrons. The van der Waals surface area contributed by atoms with Crippen LogP contribution >= 0.6 is 0 Å². The zero-order valence-corrected chi connectivity index (χ0v) is 14.9. The SMILES string of the molecule is CC(=O)c1c(C)nn(CC(=O)N2CCCC3(CC2)CNC(=O)O3)c1C. The van der Waals surface area contributed by atoms with Crippen molar-refractivity contribution in [3.8, 4) is 0 Å². The van der Waals surface area contributed by atoms with Gasteiger partial charge in [-0.25, -0.2) is 4.79 Å². The zero-order valence-electron chi connectivity index (χ0n) is 14.9. The number of ether oxygens (including phenoxy) is 1. The Morgan fingerprint density at radius 1 is 1.28 bits per heavy atom. The molecule has 0 bridgehead atoms. The summed E-state index contributed by atoms with van der Waals surface area (Å²) in [5, 5.41) is 7.05. The summed E-state index contributed by atoms with van der Waals surface area (Å²) in [7, 11) is 0. The number of hydrogen-bond donors (Lipinski definition) is 1. The third-order valence-electron chi connectivity index (χ3n) is 5.13. The Balaban J connectivity index is 1.67. The van der Waals surface area contributed by atoms with Crippen LogP contribution < -0.4 is 5.32 Å². The molecule has 1 aromatic heterocycles. The number of ketones is 1. The number of aryl methyl sites for hydroxylation is 1. The first kappa shape index (κ1) is 17.4. The smallest absolute Gasteiger partial charge is 0.407 e. The van der Waals surface area contributed by atoms with Crippen LogP contribution in [0, 0.1) is 13.8 Å². The Bertz CT molecular complexity index is 726. The van der Waals surface area contributed by atoms with E-state index in [9.17, 15) is 14.4 Å². The minimum absolute atomic E-state index is 0.0324. The number of carbonyl (C=O) groups excluding carboxylic acids is 3. The molecule has 2 aliphatic heterocycles. The molecular formula is C17H24N4O4. The van der Waals surface area contributed by atoms with E-state index >= 15 is 0 Å². The Morgan fingerprint density at radius 3 is 2.64 bits per heavy atom. The molecule has 2 fully saturated rings. The summed E-state index contributed by atoms with van der Waals surface area (Å²) in [6.07, 6.45) is 1.80. The average Bonchev–Trinajstić information content (AvgIpc) is 2.93. The fourth-order valence-electron chi connectivity index (χ4n) is 3.79. The molecule has 1 unspecified atom stereocenters. The normalized spacial score (nSPS) is 23.3. The zero-order chi connectivity index (χ0) is 18.2. The van der Waals surface area contributed by atoms with Crippen molar-refractivity contribution < 1.29 is 19.1 Å². The lowest BCUT2D eigenvalue weighted by atomic mass is 9.95. The largest absolute Gasteiger partial charge is 0.441 e. The van der Waals surface area contributed by atoms with E-state index in [4.69, 9.17) is 4.74 Å². The van der Waals surface area contributed by atoms with Gasteiger partial charge in [0.05, 0.1) is 17.8 Å². The number of aromatic nitrogens is 2. The van der Waals surface area contributed by atoms with Crippen molar-refractivity contribution in [1.29, 1.82) is 0 Å². The molecule has 8 nitrogen and oxygen atoms in total. The second kappa shape index (κ2) is 6.50. The number of carbonyl (C=O) groups is 3. The van der Waals surface area contributed by atoms with Gasteiger partial charge in [0.15, 0.2) is 5.78 Å². The molecule has 2 saturated heterocycles. The molecule has 1 atom stereocenters. The van der Waals surface area contributed by atoms with Crippen molar-refractivity contribution in [2.75, 3.05) is 19.6 Å². The summed E-state index contributed by atoms with van der Waals surface area (Å²) in [5.41, 5.74) is 1.48. The van der Waals surface area contributed by atoms with Crippen LogP contribution in [0.15, 0.2) is 0 Å². The Morgan fingerprint density at radius 2 is 2.04 bits per heavy atom. The molecule has 0 aliphatic carbocycles. The summed E-state index contributed by atoms with van der Waals surface area (Å²) in [5.74, 6) is -0.0732. The molecule has 0 saturated carbocycles. The van der Waals surface area contributed by atoms with E-state index in [2.05, 4.69) is 10.4 Å². The van der Waals surface area contributed by atoms with E-state index < -0.39 is 5.60 Å². The highest BCUT2D eigenvalue weighted by molar-refractivity contribution is 5.96. The number of nitrogens with zero attached hydrogens (tertiary/aromatic N) is 3.